The smallest absolute Gasteiger partial charge is 0.243 e. The Morgan fingerprint density at radius 1 is 1.07 bits per heavy atom. The van der Waals surface area contributed by atoms with Crippen LogP contribution in [0.2, 0.25) is 0 Å². The number of sulfonamides is 1. The molecular weight excluding hydrogens is 378 g/mol. The molecule has 0 aliphatic carbocycles. The van der Waals surface area contributed by atoms with Crippen LogP contribution in [0.5, 0.6) is 0 Å². The summed E-state index contributed by atoms with van der Waals surface area (Å²) in [6.45, 7) is 1.36. The third-order valence-electron chi connectivity index (χ3n) is 4.65. The van der Waals surface area contributed by atoms with Crippen molar-refractivity contribution in [2.45, 2.75) is 17.7 Å². The fourth-order valence-electron chi connectivity index (χ4n) is 3.24. The van der Waals surface area contributed by atoms with Crippen LogP contribution in [-0.2, 0) is 14.8 Å². The number of nitrogens with one attached hydrogen (secondary N) is 1. The van der Waals surface area contributed by atoms with Gasteiger partial charge in [0.05, 0.1) is 18.0 Å². The average Bonchev–Trinajstić information content (AvgIpc) is 3.24. The number of hydrogen-bond acceptors (Lipinski definition) is 5. The fraction of sp³-hybridized carbons (Fsp3) is 0.350. The number of aliphatic hydroxyl groups is 1. The molecule has 0 atom stereocenters. The van der Waals surface area contributed by atoms with Gasteiger partial charge in [-0.15, -0.1) is 0 Å². The standard InChI is InChI=1S/C20H25N3O4S/c24-14-13-22(18-8-2-1-3-9-18)16-20(25)21-17-7-6-10-19(15-17)28(26,27)23-11-4-5-12-23/h1-3,6-10,15,24H,4-5,11-14,16H2,(H,21,25). The molecule has 0 aromatic heterocycles. The van der Waals surface area contributed by atoms with Gasteiger partial charge in [-0.05, 0) is 43.2 Å². The Bertz CT molecular complexity index is 897. The molecule has 28 heavy (non-hydrogen) atoms. The maximum atomic E-state index is 12.7. The molecule has 0 unspecified atom stereocenters. The molecule has 1 amide bonds. The van der Waals surface area contributed by atoms with Crippen molar-refractivity contribution in [3.63, 3.8) is 0 Å². The number of hydrogen-bond donors (Lipinski definition) is 2. The molecule has 3 rings (SSSR count). The Morgan fingerprint density at radius 2 is 1.79 bits per heavy atom. The van der Waals surface area contributed by atoms with Gasteiger partial charge in [0, 0.05) is 31.0 Å². The van der Waals surface area contributed by atoms with Gasteiger partial charge in [-0.25, -0.2) is 8.42 Å². The molecule has 0 bridgehead atoms. The second-order valence-electron chi connectivity index (χ2n) is 6.67. The first-order chi connectivity index (χ1) is 13.5. The minimum Gasteiger partial charge on any atom is -0.395 e. The van der Waals surface area contributed by atoms with Crippen molar-refractivity contribution < 1.29 is 18.3 Å². The number of anilines is 2. The van der Waals surface area contributed by atoms with Crippen LogP contribution >= 0.6 is 0 Å². The zero-order valence-electron chi connectivity index (χ0n) is 15.6. The number of nitrogens with zero attached hydrogens (tertiary/aromatic N) is 2. The zero-order chi connectivity index (χ0) is 20.0. The van der Waals surface area contributed by atoms with Crippen molar-refractivity contribution in [3.05, 3.63) is 54.6 Å². The van der Waals surface area contributed by atoms with Gasteiger partial charge in [0.25, 0.3) is 0 Å². The molecule has 2 N–H and O–H groups in total. The van der Waals surface area contributed by atoms with Crippen molar-refractivity contribution in [2.75, 3.05) is 43.0 Å². The molecule has 150 valence electrons. The summed E-state index contributed by atoms with van der Waals surface area (Å²) in [5, 5.41) is 12.0. The van der Waals surface area contributed by atoms with Crippen LogP contribution in [0.25, 0.3) is 0 Å². The molecule has 1 heterocycles. The lowest BCUT2D eigenvalue weighted by Gasteiger charge is -2.23. The van der Waals surface area contributed by atoms with Crippen molar-refractivity contribution in [1.29, 1.82) is 0 Å². The van der Waals surface area contributed by atoms with E-state index < -0.39 is 10.0 Å². The van der Waals surface area contributed by atoms with Crippen LogP contribution in [-0.4, -0.2) is 56.5 Å². The summed E-state index contributed by atoms with van der Waals surface area (Å²) in [6.07, 6.45) is 1.74. The van der Waals surface area contributed by atoms with E-state index in [9.17, 15) is 18.3 Å². The highest BCUT2D eigenvalue weighted by Crippen LogP contribution is 2.23. The van der Waals surface area contributed by atoms with Gasteiger partial charge in [0.15, 0.2) is 0 Å². The van der Waals surface area contributed by atoms with E-state index in [1.165, 1.54) is 10.4 Å². The van der Waals surface area contributed by atoms with Gasteiger partial charge >= 0.3 is 0 Å². The number of para-hydroxylation sites is 1. The van der Waals surface area contributed by atoms with Gasteiger partial charge in [-0.2, -0.15) is 4.31 Å². The lowest BCUT2D eigenvalue weighted by Crippen LogP contribution is -2.35. The fourth-order valence-corrected chi connectivity index (χ4v) is 4.81. The molecule has 8 heteroatoms. The summed E-state index contributed by atoms with van der Waals surface area (Å²) in [5.41, 5.74) is 1.26. The van der Waals surface area contributed by atoms with E-state index in [0.29, 0.717) is 25.3 Å². The molecule has 0 saturated carbocycles. The lowest BCUT2D eigenvalue weighted by molar-refractivity contribution is -0.115. The maximum Gasteiger partial charge on any atom is 0.243 e. The van der Waals surface area contributed by atoms with Gasteiger partial charge in [-0.3, -0.25) is 4.79 Å². The maximum absolute atomic E-state index is 12.7. The predicted octanol–water partition coefficient (Wildman–Crippen LogP) is 1.91. The van der Waals surface area contributed by atoms with E-state index in [0.717, 1.165) is 18.5 Å². The number of carbonyl (C=O) groups is 1. The third-order valence-corrected chi connectivity index (χ3v) is 6.54. The topological polar surface area (TPSA) is 90.0 Å². The van der Waals surface area contributed by atoms with E-state index in [-0.39, 0.29) is 24.0 Å². The Balaban J connectivity index is 1.70. The zero-order valence-corrected chi connectivity index (χ0v) is 16.4. The minimum absolute atomic E-state index is 0.0493. The quantitative estimate of drug-likeness (QED) is 0.703. The molecule has 2 aromatic carbocycles. The largest absolute Gasteiger partial charge is 0.395 e. The summed E-state index contributed by atoms with van der Waals surface area (Å²) in [4.78, 5) is 14.4. The van der Waals surface area contributed by atoms with Crippen molar-refractivity contribution in [2.24, 2.45) is 0 Å². The molecule has 7 nitrogen and oxygen atoms in total. The van der Waals surface area contributed by atoms with Crippen molar-refractivity contribution in [3.8, 4) is 0 Å². The summed E-state index contributed by atoms with van der Waals surface area (Å²) in [6, 6.07) is 15.7. The summed E-state index contributed by atoms with van der Waals surface area (Å²) in [5.74, 6) is -0.284. The number of benzene rings is 2. The Morgan fingerprint density at radius 3 is 2.46 bits per heavy atom. The Hall–Kier alpha value is -2.42. The van der Waals surface area contributed by atoms with Crippen LogP contribution in [0.15, 0.2) is 59.5 Å². The molecule has 1 saturated heterocycles. The van der Waals surface area contributed by atoms with Crippen LogP contribution in [0.3, 0.4) is 0 Å². The number of aliphatic hydroxyl groups excluding tert-OH is 1. The van der Waals surface area contributed by atoms with Crippen LogP contribution in [0, 0.1) is 0 Å². The number of amides is 1. The highest BCUT2D eigenvalue weighted by Gasteiger charge is 2.27. The minimum atomic E-state index is -3.53. The summed E-state index contributed by atoms with van der Waals surface area (Å²) < 4.78 is 26.9. The highest BCUT2D eigenvalue weighted by atomic mass is 32.2. The van der Waals surface area contributed by atoms with Gasteiger partial charge < -0.3 is 15.3 Å². The van der Waals surface area contributed by atoms with Crippen molar-refractivity contribution in [1.82, 2.24) is 4.31 Å². The van der Waals surface area contributed by atoms with Gasteiger partial charge in [-0.1, -0.05) is 24.3 Å². The van der Waals surface area contributed by atoms with Crippen LogP contribution < -0.4 is 10.2 Å². The summed E-state index contributed by atoms with van der Waals surface area (Å²) >= 11 is 0. The molecule has 1 aliphatic heterocycles. The van der Waals surface area contributed by atoms with E-state index >= 15 is 0 Å². The van der Waals surface area contributed by atoms with Gasteiger partial charge in [0.1, 0.15) is 0 Å². The molecular formula is C20H25N3O4S. The van der Waals surface area contributed by atoms with E-state index in [1.54, 1.807) is 23.1 Å². The third kappa shape index (κ3) is 4.89. The normalized spacial score (nSPS) is 14.8. The first kappa shape index (κ1) is 20.3. The molecule has 1 fully saturated rings. The van der Waals surface area contributed by atoms with Gasteiger partial charge in [0.2, 0.25) is 15.9 Å². The second kappa shape index (κ2) is 9.18. The second-order valence-corrected chi connectivity index (χ2v) is 8.61. The summed E-state index contributed by atoms with van der Waals surface area (Å²) in [7, 11) is -3.53. The average molecular weight is 404 g/mol. The first-order valence-corrected chi connectivity index (χ1v) is 10.8. The SMILES string of the molecule is O=C(CN(CCO)c1ccccc1)Nc1cccc(S(=O)(=O)N2CCCC2)c1. The Labute approximate surface area is 165 Å². The molecule has 1 aliphatic rings. The monoisotopic (exact) mass is 403 g/mol. The van der Waals surface area contributed by atoms with Crippen LogP contribution in [0.1, 0.15) is 12.8 Å². The number of rotatable bonds is 8. The Kier molecular flexibility index (Phi) is 6.66. The predicted molar refractivity (Wildman–Crippen MR) is 109 cm³/mol. The molecule has 0 spiro atoms. The van der Waals surface area contributed by atoms with E-state index in [4.69, 9.17) is 0 Å². The lowest BCUT2D eigenvalue weighted by atomic mass is 10.2. The number of carbonyl (C=O) groups excluding carboxylic acids is 1. The molecule has 0 radical (unpaired) electrons. The van der Waals surface area contributed by atoms with Crippen molar-refractivity contribution >= 4 is 27.3 Å². The molecule has 2 aromatic rings. The first-order valence-electron chi connectivity index (χ1n) is 9.31. The van der Waals surface area contributed by atoms with E-state index in [2.05, 4.69) is 5.32 Å². The van der Waals surface area contributed by atoms with Crippen LogP contribution in [0.4, 0.5) is 11.4 Å². The van der Waals surface area contributed by atoms with E-state index in [1.807, 2.05) is 30.3 Å². The highest BCUT2D eigenvalue weighted by molar-refractivity contribution is 7.89.